The summed E-state index contributed by atoms with van der Waals surface area (Å²) in [6.07, 6.45) is 0.617. The van der Waals surface area contributed by atoms with Crippen molar-refractivity contribution in [3.05, 3.63) is 12.1 Å². The number of anilines is 2. The van der Waals surface area contributed by atoms with Crippen molar-refractivity contribution in [2.45, 2.75) is 19.5 Å². The fourth-order valence-electron chi connectivity index (χ4n) is 2.05. The predicted molar refractivity (Wildman–Crippen MR) is 83.7 cm³/mol. The minimum Gasteiger partial charge on any atom is -0.493 e. The van der Waals surface area contributed by atoms with Crippen molar-refractivity contribution < 1.29 is 9.47 Å². The molecule has 7 heteroatoms. The number of nitrogen functional groups attached to an aromatic ring is 1. The van der Waals surface area contributed by atoms with Crippen LogP contribution in [0.5, 0.6) is 11.5 Å². The summed E-state index contributed by atoms with van der Waals surface area (Å²) >= 11 is 0. The van der Waals surface area contributed by atoms with Crippen molar-refractivity contribution in [1.82, 2.24) is 9.97 Å². The third-order valence-electron chi connectivity index (χ3n) is 3.45. The van der Waals surface area contributed by atoms with Crippen LogP contribution in [0.25, 0.3) is 10.9 Å². The first-order valence-corrected chi connectivity index (χ1v) is 6.69. The Kier molecular flexibility index (Phi) is 4.32. The number of aromatic nitrogens is 2. The first kappa shape index (κ1) is 15.1. The normalized spacial score (nSPS) is 12.2. The van der Waals surface area contributed by atoms with E-state index >= 15 is 0 Å². The molecule has 0 amide bonds. The summed E-state index contributed by atoms with van der Waals surface area (Å²) in [5, 5.41) is 0.717. The van der Waals surface area contributed by atoms with Gasteiger partial charge in [0.2, 0.25) is 5.95 Å². The van der Waals surface area contributed by atoms with E-state index in [-0.39, 0.29) is 6.17 Å². The zero-order valence-electron chi connectivity index (χ0n) is 12.8. The molecule has 0 radical (unpaired) electrons. The molecule has 0 aliphatic heterocycles. The summed E-state index contributed by atoms with van der Waals surface area (Å²) in [5.74, 6) is 2.05. The summed E-state index contributed by atoms with van der Waals surface area (Å²) in [6, 6.07) is 3.55. The van der Waals surface area contributed by atoms with Gasteiger partial charge < -0.3 is 25.8 Å². The molecule has 0 bridgehead atoms. The maximum atomic E-state index is 6.04. The number of hydrogen-bond acceptors (Lipinski definition) is 7. The predicted octanol–water partition coefficient (Wildman–Crippen LogP) is 1.36. The van der Waals surface area contributed by atoms with E-state index in [1.807, 2.05) is 14.0 Å². The lowest BCUT2D eigenvalue weighted by atomic mass is 10.2. The quantitative estimate of drug-likeness (QED) is 0.802. The molecule has 0 fully saturated rings. The molecule has 1 heterocycles. The van der Waals surface area contributed by atoms with Gasteiger partial charge in [0.15, 0.2) is 11.5 Å². The second kappa shape index (κ2) is 6.01. The van der Waals surface area contributed by atoms with Crippen LogP contribution in [0.1, 0.15) is 13.3 Å². The van der Waals surface area contributed by atoms with E-state index in [1.54, 1.807) is 31.3 Å². The molecule has 7 nitrogen and oxygen atoms in total. The Morgan fingerprint density at radius 1 is 1.19 bits per heavy atom. The topological polar surface area (TPSA) is 99.5 Å². The first-order chi connectivity index (χ1) is 10.0. The molecular formula is C14H21N5O2. The Bertz CT molecular complexity index is 647. The minimum absolute atomic E-state index is 0.165. The average Bonchev–Trinajstić information content (AvgIpc) is 2.51. The van der Waals surface area contributed by atoms with E-state index in [1.165, 1.54) is 0 Å². The Balaban J connectivity index is 2.59. The number of fused-ring (bicyclic) bond motifs is 1. The van der Waals surface area contributed by atoms with Crippen LogP contribution >= 0.6 is 0 Å². The van der Waals surface area contributed by atoms with Gasteiger partial charge in [-0.2, -0.15) is 4.98 Å². The van der Waals surface area contributed by atoms with Gasteiger partial charge in [0.05, 0.1) is 25.9 Å². The molecule has 1 aromatic heterocycles. The van der Waals surface area contributed by atoms with Gasteiger partial charge in [0.25, 0.3) is 0 Å². The van der Waals surface area contributed by atoms with Gasteiger partial charge in [-0.15, -0.1) is 0 Å². The maximum absolute atomic E-state index is 6.04. The zero-order valence-corrected chi connectivity index (χ0v) is 12.8. The Hall–Kier alpha value is -2.28. The van der Waals surface area contributed by atoms with Crippen molar-refractivity contribution in [3.8, 4) is 11.5 Å². The van der Waals surface area contributed by atoms with Crippen molar-refractivity contribution >= 4 is 22.7 Å². The average molecular weight is 291 g/mol. The smallest absolute Gasteiger partial charge is 0.228 e. The summed E-state index contributed by atoms with van der Waals surface area (Å²) in [7, 11) is 4.99. The highest BCUT2D eigenvalue weighted by Crippen LogP contribution is 2.34. The van der Waals surface area contributed by atoms with E-state index in [9.17, 15) is 0 Å². The lowest BCUT2D eigenvalue weighted by molar-refractivity contribution is 0.356. The molecule has 1 unspecified atom stereocenters. The highest BCUT2D eigenvalue weighted by atomic mass is 16.5. The molecule has 0 saturated heterocycles. The third kappa shape index (κ3) is 2.78. The van der Waals surface area contributed by atoms with Gasteiger partial charge in [-0.3, -0.25) is 0 Å². The van der Waals surface area contributed by atoms with Crippen molar-refractivity contribution in [3.63, 3.8) is 0 Å². The van der Waals surface area contributed by atoms with E-state index in [4.69, 9.17) is 20.9 Å². The molecule has 2 rings (SSSR count). The first-order valence-electron chi connectivity index (χ1n) is 6.69. The largest absolute Gasteiger partial charge is 0.493 e. The standard InChI is InChI=1S/C14H21N5O2/c1-5-12(15)19(2)14-17-9-7-11(21-4)10(20-3)6-8(9)13(16)18-14/h6-7,12H,5,15H2,1-4H3,(H2,16,17,18). The van der Waals surface area contributed by atoms with Crippen molar-refractivity contribution in [2.75, 3.05) is 31.9 Å². The number of benzene rings is 1. The number of nitrogens with two attached hydrogens (primary N) is 2. The van der Waals surface area contributed by atoms with Gasteiger partial charge in [-0.05, 0) is 12.5 Å². The Morgan fingerprint density at radius 2 is 1.81 bits per heavy atom. The van der Waals surface area contributed by atoms with Crippen LogP contribution in [-0.2, 0) is 0 Å². The van der Waals surface area contributed by atoms with E-state index in [2.05, 4.69) is 9.97 Å². The molecule has 21 heavy (non-hydrogen) atoms. The number of methoxy groups -OCH3 is 2. The van der Waals surface area contributed by atoms with Gasteiger partial charge in [-0.25, -0.2) is 4.98 Å². The molecule has 2 aromatic rings. The summed E-state index contributed by atoms with van der Waals surface area (Å²) in [4.78, 5) is 10.6. The van der Waals surface area contributed by atoms with Crippen LogP contribution < -0.4 is 25.8 Å². The molecule has 4 N–H and O–H groups in total. The molecule has 114 valence electrons. The summed E-state index contributed by atoms with van der Waals surface area (Å²) < 4.78 is 10.6. The molecule has 0 aliphatic carbocycles. The van der Waals surface area contributed by atoms with Crippen LogP contribution in [0.15, 0.2) is 12.1 Å². The van der Waals surface area contributed by atoms with E-state index in [0.29, 0.717) is 28.8 Å². The summed E-state index contributed by atoms with van der Waals surface area (Å²) in [6.45, 7) is 2.00. The SMILES string of the molecule is CCC(N)N(C)c1nc(N)c2cc(OC)c(OC)cc2n1. The number of ether oxygens (including phenoxy) is 2. The Morgan fingerprint density at radius 3 is 2.38 bits per heavy atom. The monoisotopic (exact) mass is 291 g/mol. The number of hydrogen-bond donors (Lipinski definition) is 2. The second-order valence-corrected chi connectivity index (χ2v) is 4.72. The molecule has 0 spiro atoms. The van der Waals surface area contributed by atoms with Crippen LogP contribution in [0.4, 0.5) is 11.8 Å². The van der Waals surface area contributed by atoms with Crippen LogP contribution in [0.2, 0.25) is 0 Å². The van der Waals surface area contributed by atoms with E-state index in [0.717, 1.165) is 11.8 Å². The molecule has 1 aromatic carbocycles. The lowest BCUT2D eigenvalue weighted by Gasteiger charge is -2.24. The fraction of sp³-hybridized carbons (Fsp3) is 0.429. The zero-order chi connectivity index (χ0) is 15.6. The highest BCUT2D eigenvalue weighted by Gasteiger charge is 2.16. The highest BCUT2D eigenvalue weighted by molar-refractivity contribution is 5.91. The molecule has 0 aliphatic rings. The van der Waals surface area contributed by atoms with Gasteiger partial charge >= 0.3 is 0 Å². The molecular weight excluding hydrogens is 270 g/mol. The van der Waals surface area contributed by atoms with Crippen molar-refractivity contribution in [1.29, 1.82) is 0 Å². The third-order valence-corrected chi connectivity index (χ3v) is 3.45. The van der Waals surface area contributed by atoms with E-state index < -0.39 is 0 Å². The van der Waals surface area contributed by atoms with Crippen LogP contribution in [0.3, 0.4) is 0 Å². The Labute approximate surface area is 123 Å². The van der Waals surface area contributed by atoms with Gasteiger partial charge in [-0.1, -0.05) is 6.92 Å². The maximum Gasteiger partial charge on any atom is 0.228 e. The minimum atomic E-state index is -0.165. The fourth-order valence-corrected chi connectivity index (χ4v) is 2.05. The molecule has 0 saturated carbocycles. The lowest BCUT2D eigenvalue weighted by Crippen LogP contribution is -2.39. The number of rotatable bonds is 5. The molecule has 1 atom stereocenters. The van der Waals surface area contributed by atoms with Gasteiger partial charge in [0.1, 0.15) is 5.82 Å². The van der Waals surface area contributed by atoms with Crippen molar-refractivity contribution in [2.24, 2.45) is 5.73 Å². The second-order valence-electron chi connectivity index (χ2n) is 4.72. The van der Waals surface area contributed by atoms with Crippen LogP contribution in [-0.4, -0.2) is 37.4 Å². The summed E-state index contributed by atoms with van der Waals surface area (Å²) in [5.41, 5.74) is 12.7. The number of nitrogens with zero attached hydrogens (tertiary/aromatic N) is 3. The van der Waals surface area contributed by atoms with Gasteiger partial charge in [0, 0.05) is 18.5 Å². The van der Waals surface area contributed by atoms with Crippen LogP contribution in [0, 0.1) is 0 Å².